The van der Waals surface area contributed by atoms with E-state index in [1.807, 2.05) is 11.7 Å². The zero-order valence-electron chi connectivity index (χ0n) is 12.7. The van der Waals surface area contributed by atoms with Gasteiger partial charge in [0.25, 0.3) is 0 Å². The zero-order valence-corrected chi connectivity index (χ0v) is 14.3. The summed E-state index contributed by atoms with van der Waals surface area (Å²) in [4.78, 5) is 10.9. The van der Waals surface area contributed by atoms with Gasteiger partial charge < -0.3 is 10.4 Å². The number of nitrogens with zero attached hydrogens (tertiary/aromatic N) is 2. The van der Waals surface area contributed by atoms with E-state index in [9.17, 15) is 4.79 Å². The van der Waals surface area contributed by atoms with Crippen molar-refractivity contribution in [1.82, 2.24) is 15.1 Å². The van der Waals surface area contributed by atoms with E-state index in [-0.39, 0.29) is 5.92 Å². The Labute approximate surface area is 134 Å². The normalized spacial score (nSPS) is 22.4. The number of aliphatic carboxylic acids is 1. The molecule has 6 heteroatoms. The molecule has 0 aliphatic heterocycles. The van der Waals surface area contributed by atoms with Crippen LogP contribution >= 0.6 is 15.9 Å². The molecular formula is C15H24BrN3O2. The Morgan fingerprint density at radius 1 is 1.43 bits per heavy atom. The predicted molar refractivity (Wildman–Crippen MR) is 85.1 cm³/mol. The van der Waals surface area contributed by atoms with Gasteiger partial charge in [-0.25, -0.2) is 0 Å². The molecule has 0 unspecified atom stereocenters. The van der Waals surface area contributed by atoms with Crippen LogP contribution in [0.15, 0.2) is 4.47 Å². The van der Waals surface area contributed by atoms with Gasteiger partial charge in [0, 0.05) is 13.6 Å². The summed E-state index contributed by atoms with van der Waals surface area (Å²) in [5.41, 5.74) is 2.27. The molecule has 21 heavy (non-hydrogen) atoms. The van der Waals surface area contributed by atoms with Crippen LogP contribution in [0.3, 0.4) is 0 Å². The Bertz CT molecular complexity index is 493. The molecule has 1 aliphatic rings. The van der Waals surface area contributed by atoms with Crippen LogP contribution in [0.1, 0.15) is 44.0 Å². The van der Waals surface area contributed by atoms with Crippen LogP contribution < -0.4 is 5.32 Å². The number of nitrogens with one attached hydrogen (secondary N) is 1. The summed E-state index contributed by atoms with van der Waals surface area (Å²) in [6.45, 7) is 3.85. The number of carboxylic acid groups (broad SMARTS) is 1. The molecule has 0 bridgehead atoms. The maximum atomic E-state index is 10.9. The minimum absolute atomic E-state index is 0.125. The molecule has 2 rings (SSSR count). The molecule has 0 spiro atoms. The molecular weight excluding hydrogens is 334 g/mol. The molecule has 1 saturated carbocycles. The molecule has 118 valence electrons. The lowest BCUT2D eigenvalue weighted by molar-refractivity contribution is -0.143. The molecule has 1 aliphatic carbocycles. The highest BCUT2D eigenvalue weighted by molar-refractivity contribution is 9.10. The minimum Gasteiger partial charge on any atom is -0.481 e. The van der Waals surface area contributed by atoms with Gasteiger partial charge in [-0.2, -0.15) is 5.10 Å². The van der Waals surface area contributed by atoms with E-state index >= 15 is 0 Å². The van der Waals surface area contributed by atoms with Crippen LogP contribution in [-0.4, -0.2) is 27.4 Å². The van der Waals surface area contributed by atoms with E-state index in [0.717, 1.165) is 55.4 Å². The summed E-state index contributed by atoms with van der Waals surface area (Å²) in [7, 11) is 1.97. The van der Waals surface area contributed by atoms with E-state index in [0.29, 0.717) is 5.92 Å². The van der Waals surface area contributed by atoms with Crippen LogP contribution in [0.2, 0.25) is 0 Å². The fraction of sp³-hybridized carbons (Fsp3) is 0.733. The first-order valence-electron chi connectivity index (χ1n) is 7.66. The van der Waals surface area contributed by atoms with Crippen LogP contribution in [0.25, 0.3) is 0 Å². The average Bonchev–Trinajstić information content (AvgIpc) is 2.75. The van der Waals surface area contributed by atoms with Crippen molar-refractivity contribution in [3.05, 3.63) is 15.9 Å². The number of hydrogen-bond donors (Lipinski definition) is 2. The van der Waals surface area contributed by atoms with Crippen molar-refractivity contribution in [3.8, 4) is 0 Å². The minimum atomic E-state index is -0.632. The first-order valence-corrected chi connectivity index (χ1v) is 8.46. The average molecular weight is 358 g/mol. The second-order valence-electron chi connectivity index (χ2n) is 5.87. The molecule has 5 nitrogen and oxygen atoms in total. The molecule has 1 heterocycles. The molecule has 0 amide bonds. The van der Waals surface area contributed by atoms with Crippen molar-refractivity contribution >= 4 is 21.9 Å². The number of carboxylic acids is 1. The number of hydrogen-bond acceptors (Lipinski definition) is 3. The lowest BCUT2D eigenvalue weighted by Gasteiger charge is -2.26. The number of carbonyl (C=O) groups is 1. The van der Waals surface area contributed by atoms with Crippen molar-refractivity contribution < 1.29 is 9.90 Å². The second-order valence-corrected chi connectivity index (χ2v) is 6.66. The summed E-state index contributed by atoms with van der Waals surface area (Å²) >= 11 is 3.62. The largest absolute Gasteiger partial charge is 0.481 e. The highest BCUT2D eigenvalue weighted by atomic mass is 79.9. The van der Waals surface area contributed by atoms with Gasteiger partial charge in [0.15, 0.2) is 0 Å². The summed E-state index contributed by atoms with van der Waals surface area (Å²) in [6, 6.07) is 0. The molecule has 1 fully saturated rings. The predicted octanol–water partition coefficient (Wildman–Crippen LogP) is 2.73. The van der Waals surface area contributed by atoms with Gasteiger partial charge in [0.2, 0.25) is 0 Å². The Morgan fingerprint density at radius 3 is 2.62 bits per heavy atom. The summed E-state index contributed by atoms with van der Waals surface area (Å²) in [5.74, 6) is -0.162. The van der Waals surface area contributed by atoms with Crippen molar-refractivity contribution in [2.75, 3.05) is 6.54 Å². The standard InChI is InChI=1S/C15H24BrN3O2/c1-3-12-14(16)13(19(2)18-12)9-17-8-10-4-6-11(7-5-10)15(20)21/h10-11,17H,3-9H2,1-2H3,(H,20,21). The molecule has 0 aromatic carbocycles. The SMILES string of the molecule is CCc1nn(C)c(CNCC2CCC(C(=O)O)CC2)c1Br. The number of aromatic nitrogens is 2. The van der Waals surface area contributed by atoms with E-state index in [4.69, 9.17) is 5.11 Å². The van der Waals surface area contributed by atoms with Gasteiger partial charge in [-0.05, 0) is 60.5 Å². The Kier molecular flexibility index (Phi) is 5.81. The van der Waals surface area contributed by atoms with Crippen LogP contribution in [0.4, 0.5) is 0 Å². The van der Waals surface area contributed by atoms with Gasteiger partial charge in [0.1, 0.15) is 0 Å². The molecule has 2 N–H and O–H groups in total. The third-order valence-corrected chi connectivity index (χ3v) is 5.34. The van der Waals surface area contributed by atoms with Crippen molar-refractivity contribution in [2.24, 2.45) is 18.9 Å². The lowest BCUT2D eigenvalue weighted by Crippen LogP contribution is -2.29. The number of aryl methyl sites for hydroxylation is 2. The van der Waals surface area contributed by atoms with Crippen LogP contribution in [0, 0.1) is 11.8 Å². The van der Waals surface area contributed by atoms with Gasteiger partial charge in [-0.1, -0.05) is 6.92 Å². The van der Waals surface area contributed by atoms with Crippen molar-refractivity contribution in [2.45, 2.75) is 45.6 Å². The molecule has 0 saturated heterocycles. The first-order chi connectivity index (χ1) is 10.0. The maximum absolute atomic E-state index is 10.9. The van der Waals surface area contributed by atoms with E-state index in [2.05, 4.69) is 33.3 Å². The Hall–Kier alpha value is -0.880. The van der Waals surface area contributed by atoms with Crippen molar-refractivity contribution in [3.63, 3.8) is 0 Å². The van der Waals surface area contributed by atoms with Crippen LogP contribution in [0.5, 0.6) is 0 Å². The Balaban J connectivity index is 1.78. The second kappa shape index (κ2) is 7.40. The number of rotatable bonds is 6. The molecule has 0 atom stereocenters. The van der Waals surface area contributed by atoms with E-state index < -0.39 is 5.97 Å². The third-order valence-electron chi connectivity index (χ3n) is 4.42. The fourth-order valence-corrected chi connectivity index (χ4v) is 3.78. The third kappa shape index (κ3) is 4.07. The first kappa shape index (κ1) is 16.5. The highest BCUT2D eigenvalue weighted by Crippen LogP contribution is 2.28. The lowest BCUT2D eigenvalue weighted by atomic mass is 9.82. The highest BCUT2D eigenvalue weighted by Gasteiger charge is 2.25. The zero-order chi connectivity index (χ0) is 15.4. The van der Waals surface area contributed by atoms with Crippen LogP contribution in [-0.2, 0) is 24.8 Å². The van der Waals surface area contributed by atoms with E-state index in [1.165, 1.54) is 5.69 Å². The molecule has 0 radical (unpaired) electrons. The van der Waals surface area contributed by atoms with Crippen molar-refractivity contribution in [1.29, 1.82) is 0 Å². The summed E-state index contributed by atoms with van der Waals surface area (Å²) in [5, 5.41) is 17.0. The quantitative estimate of drug-likeness (QED) is 0.821. The molecule has 1 aromatic heterocycles. The van der Waals surface area contributed by atoms with Gasteiger partial charge in [0.05, 0.1) is 21.8 Å². The Morgan fingerprint density at radius 2 is 2.10 bits per heavy atom. The maximum Gasteiger partial charge on any atom is 0.306 e. The smallest absolute Gasteiger partial charge is 0.306 e. The van der Waals surface area contributed by atoms with Gasteiger partial charge in [-0.3, -0.25) is 9.48 Å². The van der Waals surface area contributed by atoms with Gasteiger partial charge in [-0.15, -0.1) is 0 Å². The van der Waals surface area contributed by atoms with Gasteiger partial charge >= 0.3 is 5.97 Å². The topological polar surface area (TPSA) is 67.2 Å². The summed E-state index contributed by atoms with van der Waals surface area (Å²) in [6.07, 6.45) is 4.58. The monoisotopic (exact) mass is 357 g/mol. The molecule has 1 aromatic rings. The van der Waals surface area contributed by atoms with E-state index in [1.54, 1.807) is 0 Å². The summed E-state index contributed by atoms with van der Waals surface area (Å²) < 4.78 is 3.03. The number of halogens is 1. The fourth-order valence-electron chi connectivity index (χ4n) is 3.02.